The maximum atomic E-state index is 11.6. The summed E-state index contributed by atoms with van der Waals surface area (Å²) in [6.07, 6.45) is -0.726. The first-order chi connectivity index (χ1) is 10.0. The minimum atomic E-state index is -3.06. The number of aliphatic hydroxyl groups is 1. The molecule has 0 bridgehead atoms. The molecule has 1 N–H and O–H groups in total. The van der Waals surface area contributed by atoms with E-state index in [9.17, 15) is 13.5 Å². The lowest BCUT2D eigenvalue weighted by Gasteiger charge is -2.38. The third kappa shape index (κ3) is 3.63. The molecule has 5 nitrogen and oxygen atoms in total. The molecule has 21 heavy (non-hydrogen) atoms. The summed E-state index contributed by atoms with van der Waals surface area (Å²) in [5, 5.41) is 9.94. The van der Waals surface area contributed by atoms with Crippen molar-refractivity contribution in [3.63, 3.8) is 0 Å². The minimum absolute atomic E-state index is 0.0815. The summed E-state index contributed by atoms with van der Waals surface area (Å²) in [7, 11) is -3.06. The van der Waals surface area contributed by atoms with Crippen LogP contribution in [0.2, 0.25) is 0 Å². The Labute approximate surface area is 126 Å². The number of aliphatic hydroxyl groups excluding tert-OH is 1. The van der Waals surface area contributed by atoms with E-state index >= 15 is 0 Å². The molecule has 2 fully saturated rings. The average molecular weight is 310 g/mol. The Morgan fingerprint density at radius 3 is 2.29 bits per heavy atom. The van der Waals surface area contributed by atoms with Crippen LogP contribution in [0.1, 0.15) is 5.56 Å². The molecule has 0 unspecified atom stereocenters. The number of rotatable bonds is 3. The number of benzene rings is 1. The Morgan fingerprint density at radius 2 is 1.71 bits per heavy atom. The molecule has 0 saturated carbocycles. The fraction of sp³-hybridized carbons (Fsp3) is 0.600. The van der Waals surface area contributed by atoms with Gasteiger partial charge in [0.25, 0.3) is 0 Å². The second kappa shape index (κ2) is 6.04. The van der Waals surface area contributed by atoms with Crippen molar-refractivity contribution in [1.82, 2.24) is 9.80 Å². The standard InChI is InChI=1S/C15H22N2O3S/c18-15-12-21(19,20)11-14(15)17-8-6-16(7-9-17)10-13-4-2-1-3-5-13/h1-5,14-15,18H,6-12H2/t14-,15-/m1/s1. The van der Waals surface area contributed by atoms with E-state index < -0.39 is 15.9 Å². The molecule has 0 spiro atoms. The molecule has 0 radical (unpaired) electrons. The van der Waals surface area contributed by atoms with Gasteiger partial charge in [0, 0.05) is 32.7 Å². The van der Waals surface area contributed by atoms with Crippen LogP contribution in [0.4, 0.5) is 0 Å². The first kappa shape index (κ1) is 15.0. The third-order valence-corrected chi connectivity index (χ3v) is 6.12. The van der Waals surface area contributed by atoms with Crippen molar-refractivity contribution in [3.8, 4) is 0 Å². The van der Waals surface area contributed by atoms with Gasteiger partial charge in [0.2, 0.25) is 0 Å². The van der Waals surface area contributed by atoms with Gasteiger partial charge in [-0.25, -0.2) is 8.42 Å². The first-order valence-corrected chi connectivity index (χ1v) is 9.24. The predicted molar refractivity (Wildman–Crippen MR) is 81.7 cm³/mol. The highest BCUT2D eigenvalue weighted by atomic mass is 32.2. The molecule has 0 amide bonds. The SMILES string of the molecule is O=S1(=O)C[C@@H](O)[C@H](N2CCN(Cc3ccccc3)CC2)C1. The van der Waals surface area contributed by atoms with Crippen molar-refractivity contribution >= 4 is 9.84 Å². The fourth-order valence-electron chi connectivity index (χ4n) is 3.25. The Bertz CT molecular complexity index is 568. The van der Waals surface area contributed by atoms with Gasteiger partial charge in [-0.05, 0) is 5.56 Å². The summed E-state index contributed by atoms with van der Waals surface area (Å²) in [4.78, 5) is 4.51. The summed E-state index contributed by atoms with van der Waals surface area (Å²) < 4.78 is 23.2. The smallest absolute Gasteiger partial charge is 0.154 e. The Hall–Kier alpha value is -0.950. The Kier molecular flexibility index (Phi) is 4.31. The van der Waals surface area contributed by atoms with E-state index in [2.05, 4.69) is 21.9 Å². The van der Waals surface area contributed by atoms with Gasteiger partial charge < -0.3 is 5.11 Å². The van der Waals surface area contributed by atoms with Crippen molar-refractivity contribution < 1.29 is 13.5 Å². The number of hydrogen-bond donors (Lipinski definition) is 1. The van der Waals surface area contributed by atoms with E-state index in [0.717, 1.165) is 32.7 Å². The molecule has 1 aromatic rings. The Morgan fingerprint density at radius 1 is 1.05 bits per heavy atom. The van der Waals surface area contributed by atoms with Gasteiger partial charge >= 0.3 is 0 Å². The molecule has 1 aromatic carbocycles. The molecular weight excluding hydrogens is 288 g/mol. The quantitative estimate of drug-likeness (QED) is 0.849. The number of hydrogen-bond acceptors (Lipinski definition) is 5. The van der Waals surface area contributed by atoms with Gasteiger partial charge in [0.1, 0.15) is 0 Å². The number of sulfone groups is 1. The predicted octanol–water partition coefficient (Wildman–Crippen LogP) is -0.0379. The van der Waals surface area contributed by atoms with E-state index in [0.29, 0.717) is 0 Å². The summed E-state index contributed by atoms with van der Waals surface area (Å²) in [5.74, 6) is 0.0226. The van der Waals surface area contributed by atoms with Crippen molar-refractivity contribution in [2.75, 3.05) is 37.7 Å². The largest absolute Gasteiger partial charge is 0.390 e. The van der Waals surface area contributed by atoms with E-state index in [1.807, 2.05) is 18.2 Å². The highest BCUT2D eigenvalue weighted by molar-refractivity contribution is 7.91. The monoisotopic (exact) mass is 310 g/mol. The van der Waals surface area contributed by atoms with Gasteiger partial charge in [-0.15, -0.1) is 0 Å². The molecule has 2 saturated heterocycles. The number of piperazine rings is 1. The zero-order valence-electron chi connectivity index (χ0n) is 12.1. The van der Waals surface area contributed by atoms with E-state index in [-0.39, 0.29) is 17.5 Å². The summed E-state index contributed by atoms with van der Waals surface area (Å²) in [6.45, 7) is 4.41. The molecular formula is C15H22N2O3S. The van der Waals surface area contributed by atoms with E-state index in [1.165, 1.54) is 5.56 Å². The van der Waals surface area contributed by atoms with E-state index in [1.54, 1.807) is 0 Å². The average Bonchev–Trinajstić information content (AvgIpc) is 2.74. The van der Waals surface area contributed by atoms with Gasteiger partial charge in [-0.3, -0.25) is 9.80 Å². The second-order valence-electron chi connectivity index (χ2n) is 6.01. The molecule has 2 aliphatic heterocycles. The van der Waals surface area contributed by atoms with Crippen LogP contribution in [0.15, 0.2) is 30.3 Å². The summed E-state index contributed by atoms with van der Waals surface area (Å²) in [5.41, 5.74) is 1.30. The second-order valence-corrected chi connectivity index (χ2v) is 8.16. The van der Waals surface area contributed by atoms with Crippen LogP contribution in [0.3, 0.4) is 0 Å². The van der Waals surface area contributed by atoms with E-state index in [4.69, 9.17) is 0 Å². The molecule has 2 atom stereocenters. The molecule has 6 heteroatoms. The lowest BCUT2D eigenvalue weighted by Crippen LogP contribution is -2.53. The van der Waals surface area contributed by atoms with Crippen LogP contribution in [0.25, 0.3) is 0 Å². The minimum Gasteiger partial charge on any atom is -0.390 e. The Balaban J connectivity index is 1.54. The maximum absolute atomic E-state index is 11.6. The van der Waals surface area contributed by atoms with Crippen molar-refractivity contribution in [2.45, 2.75) is 18.7 Å². The van der Waals surface area contributed by atoms with Crippen LogP contribution in [0, 0.1) is 0 Å². The molecule has 0 aromatic heterocycles. The zero-order valence-corrected chi connectivity index (χ0v) is 12.9. The van der Waals surface area contributed by atoms with Crippen molar-refractivity contribution in [1.29, 1.82) is 0 Å². The highest BCUT2D eigenvalue weighted by Crippen LogP contribution is 2.20. The highest BCUT2D eigenvalue weighted by Gasteiger charge is 2.40. The lowest BCUT2D eigenvalue weighted by molar-refractivity contribution is 0.0424. The topological polar surface area (TPSA) is 60.9 Å². The van der Waals surface area contributed by atoms with Crippen LogP contribution in [-0.2, 0) is 16.4 Å². The first-order valence-electron chi connectivity index (χ1n) is 7.42. The molecule has 2 heterocycles. The fourth-order valence-corrected chi connectivity index (χ4v) is 5.09. The zero-order chi connectivity index (χ0) is 14.9. The molecule has 116 valence electrons. The molecule has 2 aliphatic rings. The van der Waals surface area contributed by atoms with Crippen LogP contribution in [0.5, 0.6) is 0 Å². The van der Waals surface area contributed by atoms with Gasteiger partial charge in [-0.1, -0.05) is 30.3 Å². The normalized spacial score (nSPS) is 30.5. The summed E-state index contributed by atoms with van der Waals surface area (Å²) in [6, 6.07) is 10.1. The van der Waals surface area contributed by atoms with Gasteiger partial charge in [0.15, 0.2) is 9.84 Å². The number of nitrogens with zero attached hydrogens (tertiary/aromatic N) is 2. The molecule has 3 rings (SSSR count). The van der Waals surface area contributed by atoms with Gasteiger partial charge in [0.05, 0.1) is 23.7 Å². The van der Waals surface area contributed by atoms with Crippen molar-refractivity contribution in [2.24, 2.45) is 0 Å². The maximum Gasteiger partial charge on any atom is 0.154 e. The van der Waals surface area contributed by atoms with Crippen LogP contribution < -0.4 is 0 Å². The molecule has 0 aliphatic carbocycles. The third-order valence-electron chi connectivity index (χ3n) is 4.42. The lowest BCUT2D eigenvalue weighted by atomic mass is 10.1. The van der Waals surface area contributed by atoms with Crippen LogP contribution in [-0.4, -0.2) is 73.2 Å². The van der Waals surface area contributed by atoms with Crippen molar-refractivity contribution in [3.05, 3.63) is 35.9 Å². The summed E-state index contributed by atoms with van der Waals surface area (Å²) >= 11 is 0. The van der Waals surface area contributed by atoms with Gasteiger partial charge in [-0.2, -0.15) is 0 Å². The van der Waals surface area contributed by atoms with Crippen LogP contribution >= 0.6 is 0 Å².